The van der Waals surface area contributed by atoms with Crippen molar-refractivity contribution in [1.82, 2.24) is 5.32 Å². The van der Waals surface area contributed by atoms with Gasteiger partial charge in [-0.15, -0.1) is 0 Å². The molecule has 1 N–H and O–H groups in total. The minimum Gasteiger partial charge on any atom is -0.486 e. The molecule has 1 aliphatic heterocycles. The molecule has 0 fully saturated rings. The van der Waals surface area contributed by atoms with Crippen molar-refractivity contribution in [1.29, 1.82) is 0 Å². The van der Waals surface area contributed by atoms with Gasteiger partial charge in [0.2, 0.25) is 0 Å². The molecule has 0 spiro atoms. The Labute approximate surface area is 92.1 Å². The first-order valence-corrected chi connectivity index (χ1v) is 4.91. The summed E-state index contributed by atoms with van der Waals surface area (Å²) in [6.45, 7) is 0.991. The fourth-order valence-electron chi connectivity index (χ4n) is 1.37. The lowest BCUT2D eigenvalue weighted by Crippen LogP contribution is -2.20. The molecule has 80 valence electrons. The molecule has 1 aliphatic rings. The van der Waals surface area contributed by atoms with Crippen molar-refractivity contribution in [3.63, 3.8) is 0 Å². The van der Waals surface area contributed by atoms with Gasteiger partial charge in [-0.05, 0) is 6.07 Å². The molecule has 0 saturated carbocycles. The predicted molar refractivity (Wildman–Crippen MR) is 55.8 cm³/mol. The van der Waals surface area contributed by atoms with Crippen molar-refractivity contribution in [2.45, 2.75) is 0 Å². The van der Waals surface area contributed by atoms with Gasteiger partial charge in [0.05, 0.1) is 10.6 Å². The third kappa shape index (κ3) is 1.85. The second-order valence-corrected chi connectivity index (χ2v) is 3.46. The van der Waals surface area contributed by atoms with Crippen LogP contribution < -0.4 is 14.8 Å². The highest BCUT2D eigenvalue weighted by Crippen LogP contribution is 2.35. The first-order chi connectivity index (χ1) is 7.22. The van der Waals surface area contributed by atoms with Gasteiger partial charge >= 0.3 is 0 Å². The molecule has 0 radical (unpaired) electrons. The van der Waals surface area contributed by atoms with E-state index in [-0.39, 0.29) is 5.91 Å². The molecule has 1 heterocycles. The fourth-order valence-corrected chi connectivity index (χ4v) is 1.61. The van der Waals surface area contributed by atoms with Gasteiger partial charge in [-0.1, -0.05) is 11.6 Å². The van der Waals surface area contributed by atoms with Gasteiger partial charge in [-0.3, -0.25) is 4.79 Å². The summed E-state index contributed by atoms with van der Waals surface area (Å²) < 4.78 is 10.7. The number of nitrogens with one attached hydrogen (secondary N) is 1. The van der Waals surface area contributed by atoms with Crippen molar-refractivity contribution >= 4 is 17.5 Å². The predicted octanol–water partition coefficient (Wildman–Crippen LogP) is 1.47. The zero-order chi connectivity index (χ0) is 10.8. The molecule has 1 aromatic carbocycles. The van der Waals surface area contributed by atoms with E-state index in [2.05, 4.69) is 5.32 Å². The molecule has 0 bridgehead atoms. The maximum Gasteiger partial charge on any atom is 0.252 e. The third-order valence-electron chi connectivity index (χ3n) is 2.10. The summed E-state index contributed by atoms with van der Waals surface area (Å²) in [5.74, 6) is 0.903. The van der Waals surface area contributed by atoms with Crippen LogP contribution >= 0.6 is 11.6 Å². The lowest BCUT2D eigenvalue weighted by atomic mass is 10.2. The topological polar surface area (TPSA) is 47.6 Å². The monoisotopic (exact) mass is 227 g/mol. The number of fused-ring (bicyclic) bond motifs is 1. The number of rotatable bonds is 1. The summed E-state index contributed by atoms with van der Waals surface area (Å²) in [7, 11) is 1.55. The van der Waals surface area contributed by atoms with Crippen molar-refractivity contribution < 1.29 is 14.3 Å². The normalized spacial score (nSPS) is 13.5. The van der Waals surface area contributed by atoms with Crippen molar-refractivity contribution in [3.8, 4) is 11.5 Å². The Balaban J connectivity index is 2.44. The number of carbonyl (C=O) groups excluding carboxylic acids is 1. The van der Waals surface area contributed by atoms with Crippen LogP contribution in [0.4, 0.5) is 0 Å². The summed E-state index contributed by atoms with van der Waals surface area (Å²) >= 11 is 5.94. The van der Waals surface area contributed by atoms with E-state index >= 15 is 0 Å². The van der Waals surface area contributed by atoms with E-state index in [1.807, 2.05) is 0 Å². The van der Waals surface area contributed by atoms with Crippen LogP contribution in [0.15, 0.2) is 12.1 Å². The van der Waals surface area contributed by atoms with Crippen LogP contribution in [-0.2, 0) is 0 Å². The zero-order valence-corrected chi connectivity index (χ0v) is 8.93. The minimum atomic E-state index is -0.239. The molecular formula is C10H10ClNO3. The maximum atomic E-state index is 11.4. The standard InChI is InChI=1S/C10H10ClNO3/c1-12-10(13)6-4-8-9(5-7(6)11)15-3-2-14-8/h4-5H,2-3H2,1H3,(H,12,13). The number of hydrogen-bond donors (Lipinski definition) is 1. The second kappa shape index (κ2) is 3.98. The Morgan fingerprint density at radius 2 is 1.93 bits per heavy atom. The lowest BCUT2D eigenvalue weighted by molar-refractivity contribution is 0.0962. The van der Waals surface area contributed by atoms with E-state index in [0.29, 0.717) is 35.3 Å². The van der Waals surface area contributed by atoms with Gasteiger partial charge in [0, 0.05) is 13.1 Å². The molecule has 0 unspecified atom stereocenters. The Kier molecular flexibility index (Phi) is 2.68. The number of benzene rings is 1. The summed E-state index contributed by atoms with van der Waals surface area (Å²) in [5, 5.41) is 2.87. The van der Waals surface area contributed by atoms with Crippen molar-refractivity contribution in [3.05, 3.63) is 22.7 Å². The number of amides is 1. The van der Waals surface area contributed by atoms with Crippen LogP contribution in [0.3, 0.4) is 0 Å². The van der Waals surface area contributed by atoms with Gasteiger partial charge in [-0.25, -0.2) is 0 Å². The molecule has 1 aromatic rings. The van der Waals surface area contributed by atoms with Gasteiger partial charge in [0.15, 0.2) is 11.5 Å². The van der Waals surface area contributed by atoms with Crippen LogP contribution in [0.25, 0.3) is 0 Å². The lowest BCUT2D eigenvalue weighted by Gasteiger charge is -2.19. The average Bonchev–Trinajstić information content (AvgIpc) is 2.27. The van der Waals surface area contributed by atoms with Gasteiger partial charge in [-0.2, -0.15) is 0 Å². The Morgan fingerprint density at radius 1 is 1.33 bits per heavy atom. The van der Waals surface area contributed by atoms with Gasteiger partial charge < -0.3 is 14.8 Å². The van der Waals surface area contributed by atoms with Crippen molar-refractivity contribution in [2.75, 3.05) is 20.3 Å². The SMILES string of the molecule is CNC(=O)c1cc2c(cc1Cl)OCCO2. The largest absolute Gasteiger partial charge is 0.486 e. The van der Waals surface area contributed by atoms with Crippen LogP contribution in [-0.4, -0.2) is 26.2 Å². The number of halogens is 1. The summed E-state index contributed by atoms with van der Waals surface area (Å²) in [6, 6.07) is 3.19. The van der Waals surface area contributed by atoms with E-state index < -0.39 is 0 Å². The third-order valence-corrected chi connectivity index (χ3v) is 2.42. The van der Waals surface area contributed by atoms with E-state index in [1.54, 1.807) is 19.2 Å². The zero-order valence-electron chi connectivity index (χ0n) is 8.17. The van der Waals surface area contributed by atoms with E-state index in [1.165, 1.54) is 0 Å². The highest BCUT2D eigenvalue weighted by Gasteiger charge is 2.17. The highest BCUT2D eigenvalue weighted by molar-refractivity contribution is 6.34. The number of hydrogen-bond acceptors (Lipinski definition) is 3. The molecule has 0 saturated heterocycles. The molecule has 0 aromatic heterocycles. The van der Waals surface area contributed by atoms with Crippen LogP contribution in [0.5, 0.6) is 11.5 Å². The molecule has 0 atom stereocenters. The van der Waals surface area contributed by atoms with Gasteiger partial charge in [0.1, 0.15) is 13.2 Å². The van der Waals surface area contributed by atoms with E-state index in [0.717, 1.165) is 0 Å². The maximum absolute atomic E-state index is 11.4. The molecule has 4 nitrogen and oxygen atoms in total. The summed E-state index contributed by atoms with van der Waals surface area (Å²) in [6.07, 6.45) is 0. The van der Waals surface area contributed by atoms with Gasteiger partial charge in [0.25, 0.3) is 5.91 Å². The van der Waals surface area contributed by atoms with Crippen LogP contribution in [0.2, 0.25) is 5.02 Å². The van der Waals surface area contributed by atoms with Crippen LogP contribution in [0.1, 0.15) is 10.4 Å². The first-order valence-electron chi connectivity index (χ1n) is 4.53. The Bertz CT molecular complexity index is 406. The number of carbonyl (C=O) groups is 1. The number of ether oxygens (including phenoxy) is 2. The van der Waals surface area contributed by atoms with E-state index in [4.69, 9.17) is 21.1 Å². The second-order valence-electron chi connectivity index (χ2n) is 3.05. The molecule has 1 amide bonds. The van der Waals surface area contributed by atoms with E-state index in [9.17, 15) is 4.79 Å². The minimum absolute atomic E-state index is 0.239. The molecule has 2 rings (SSSR count). The van der Waals surface area contributed by atoms with Crippen LogP contribution in [0, 0.1) is 0 Å². The molecule has 5 heteroatoms. The van der Waals surface area contributed by atoms with Crippen molar-refractivity contribution in [2.24, 2.45) is 0 Å². The summed E-state index contributed by atoms with van der Waals surface area (Å²) in [5.41, 5.74) is 0.392. The smallest absolute Gasteiger partial charge is 0.252 e. The fraction of sp³-hybridized carbons (Fsp3) is 0.300. The average molecular weight is 228 g/mol. The Hall–Kier alpha value is -1.42. The molecule has 0 aliphatic carbocycles. The quantitative estimate of drug-likeness (QED) is 0.791. The molecule has 15 heavy (non-hydrogen) atoms. The Morgan fingerprint density at radius 3 is 2.53 bits per heavy atom. The summed E-state index contributed by atoms with van der Waals surface area (Å²) in [4.78, 5) is 11.4. The first kappa shape index (κ1) is 10.1. The highest BCUT2D eigenvalue weighted by atomic mass is 35.5. The molecular weight excluding hydrogens is 218 g/mol.